The van der Waals surface area contributed by atoms with Crippen LogP contribution in [0.5, 0.6) is 0 Å². The minimum Gasteiger partial charge on any atom is -0.462 e. The van der Waals surface area contributed by atoms with Gasteiger partial charge in [-0.3, -0.25) is 14.4 Å². The van der Waals surface area contributed by atoms with Gasteiger partial charge in [-0.15, -0.1) is 0 Å². The monoisotopic (exact) mass is 777 g/mol. The molecule has 0 bridgehead atoms. The highest BCUT2D eigenvalue weighted by Crippen LogP contribution is 2.11. The summed E-state index contributed by atoms with van der Waals surface area (Å²) in [6.07, 6.45) is 56.8. The zero-order valence-electron chi connectivity index (χ0n) is 35.9. The molecule has 0 N–H and O–H groups in total. The van der Waals surface area contributed by atoms with Crippen molar-refractivity contribution in [2.75, 3.05) is 13.2 Å². The Hall–Kier alpha value is -3.67. The molecule has 0 spiro atoms. The topological polar surface area (TPSA) is 78.9 Å². The maximum Gasteiger partial charge on any atom is 0.306 e. The lowest BCUT2D eigenvalue weighted by molar-refractivity contribution is -0.167. The summed E-state index contributed by atoms with van der Waals surface area (Å²) in [5.41, 5.74) is 0. The van der Waals surface area contributed by atoms with E-state index in [0.29, 0.717) is 12.8 Å². The van der Waals surface area contributed by atoms with E-state index < -0.39 is 6.10 Å². The van der Waals surface area contributed by atoms with Gasteiger partial charge in [-0.25, -0.2) is 0 Å². The minimum absolute atomic E-state index is 0.113. The number of carbonyl (C=O) groups is 3. The number of rotatable bonds is 38. The van der Waals surface area contributed by atoms with Gasteiger partial charge in [0.05, 0.1) is 0 Å². The average Bonchev–Trinajstić information content (AvgIpc) is 3.19. The Labute approximate surface area is 343 Å². The maximum absolute atomic E-state index is 12.7. The van der Waals surface area contributed by atoms with E-state index in [-0.39, 0.29) is 37.5 Å². The third kappa shape index (κ3) is 41.5. The molecule has 0 aromatic carbocycles. The van der Waals surface area contributed by atoms with Crippen molar-refractivity contribution in [2.24, 2.45) is 0 Å². The first-order chi connectivity index (χ1) is 27.5. The highest BCUT2D eigenvalue weighted by molar-refractivity contribution is 5.71. The van der Waals surface area contributed by atoms with Crippen LogP contribution in [-0.2, 0) is 28.6 Å². The van der Waals surface area contributed by atoms with Crippen LogP contribution in [-0.4, -0.2) is 37.2 Å². The van der Waals surface area contributed by atoms with Crippen LogP contribution < -0.4 is 0 Å². The van der Waals surface area contributed by atoms with Crippen LogP contribution in [0.4, 0.5) is 0 Å². The molecule has 0 aliphatic carbocycles. The third-order valence-corrected chi connectivity index (χ3v) is 8.91. The number of carbonyl (C=O) groups excluding carboxylic acids is 3. The van der Waals surface area contributed by atoms with E-state index in [9.17, 15) is 14.4 Å². The van der Waals surface area contributed by atoms with Gasteiger partial charge in [0.25, 0.3) is 0 Å². The molecule has 0 heterocycles. The fourth-order valence-electron chi connectivity index (χ4n) is 5.52. The Balaban J connectivity index is 4.46. The number of unbranched alkanes of at least 4 members (excludes halogenated alkanes) is 15. The van der Waals surface area contributed by atoms with Gasteiger partial charge in [0.15, 0.2) is 6.10 Å². The predicted octanol–water partition coefficient (Wildman–Crippen LogP) is 14.2. The lowest BCUT2D eigenvalue weighted by Crippen LogP contribution is -2.30. The quantitative estimate of drug-likeness (QED) is 0.0204. The van der Waals surface area contributed by atoms with E-state index in [1.807, 2.05) is 0 Å². The largest absolute Gasteiger partial charge is 0.462 e. The van der Waals surface area contributed by atoms with Crippen molar-refractivity contribution in [1.29, 1.82) is 0 Å². The van der Waals surface area contributed by atoms with Crippen molar-refractivity contribution in [2.45, 2.75) is 187 Å². The molecule has 6 nitrogen and oxygen atoms in total. The zero-order chi connectivity index (χ0) is 40.8. The first-order valence-electron chi connectivity index (χ1n) is 22.3. The first kappa shape index (κ1) is 52.3. The minimum atomic E-state index is -0.812. The summed E-state index contributed by atoms with van der Waals surface area (Å²) in [7, 11) is 0. The van der Waals surface area contributed by atoms with Crippen molar-refractivity contribution in [3.05, 3.63) is 97.2 Å². The van der Waals surface area contributed by atoms with E-state index in [0.717, 1.165) is 109 Å². The highest BCUT2D eigenvalue weighted by atomic mass is 16.6. The molecule has 0 amide bonds. The van der Waals surface area contributed by atoms with E-state index in [4.69, 9.17) is 14.2 Å². The van der Waals surface area contributed by atoms with E-state index in [1.54, 1.807) is 0 Å². The molecule has 1 atom stereocenters. The number of allylic oxidation sites excluding steroid dienone is 16. The molecule has 0 saturated heterocycles. The highest BCUT2D eigenvalue weighted by Gasteiger charge is 2.19. The summed E-state index contributed by atoms with van der Waals surface area (Å²) < 4.78 is 16.6. The molecular formula is C50H80O6. The summed E-state index contributed by atoms with van der Waals surface area (Å²) >= 11 is 0. The van der Waals surface area contributed by atoms with Gasteiger partial charge in [-0.05, 0) is 89.9 Å². The Morgan fingerprint density at radius 3 is 1.36 bits per heavy atom. The zero-order valence-corrected chi connectivity index (χ0v) is 35.9. The standard InChI is InChI=1S/C50H80O6/c1-4-7-10-13-16-19-21-22-23-24-25-26-27-29-31-34-37-40-43-49(52)55-46-47(45-54-48(51)42-39-36-33-30-18-15-12-9-6-3)56-50(53)44-41-38-35-32-28-20-17-14-11-8-5-2/h9,12,14,16-26,28,30,47H,4-8,10-11,13,15,27,29,31-46H2,1-3H3/b12-9-,17-14-,19-16-,22-21-,24-23-,26-25-,28-20-,30-18-. The van der Waals surface area contributed by atoms with Crippen LogP contribution in [0, 0.1) is 0 Å². The number of ether oxygens (including phenoxy) is 3. The summed E-state index contributed by atoms with van der Waals surface area (Å²) in [5, 5.41) is 0. The number of esters is 3. The molecule has 0 aliphatic rings. The normalized spacial score (nSPS) is 13.0. The van der Waals surface area contributed by atoms with Crippen LogP contribution in [0.15, 0.2) is 97.2 Å². The van der Waals surface area contributed by atoms with Gasteiger partial charge < -0.3 is 14.2 Å². The molecule has 0 saturated carbocycles. The Morgan fingerprint density at radius 1 is 0.393 bits per heavy atom. The van der Waals surface area contributed by atoms with Crippen LogP contribution in [0.2, 0.25) is 0 Å². The SMILES string of the molecule is CC/C=C\C/C=C\CCCCC(=O)OCC(COC(=O)CCCCCCC\C=C/C=C\C=C/C=C\CCCCC)OC(=O)CCCCC/C=C\C=C/CCCC. The van der Waals surface area contributed by atoms with Gasteiger partial charge in [0.2, 0.25) is 0 Å². The fourth-order valence-corrected chi connectivity index (χ4v) is 5.52. The molecule has 0 radical (unpaired) electrons. The number of hydrogen-bond acceptors (Lipinski definition) is 6. The summed E-state index contributed by atoms with van der Waals surface area (Å²) in [4.78, 5) is 37.6. The van der Waals surface area contributed by atoms with Crippen molar-refractivity contribution < 1.29 is 28.6 Å². The molecule has 0 aromatic rings. The molecule has 0 aliphatic heterocycles. The first-order valence-corrected chi connectivity index (χ1v) is 22.3. The fraction of sp³-hybridized carbons (Fsp3) is 0.620. The molecular weight excluding hydrogens is 697 g/mol. The lowest BCUT2D eigenvalue weighted by Gasteiger charge is -2.18. The van der Waals surface area contributed by atoms with Crippen molar-refractivity contribution in [3.8, 4) is 0 Å². The molecule has 0 fully saturated rings. The van der Waals surface area contributed by atoms with E-state index in [1.165, 1.54) is 32.1 Å². The van der Waals surface area contributed by atoms with Crippen LogP contribution in [0.3, 0.4) is 0 Å². The summed E-state index contributed by atoms with van der Waals surface area (Å²) in [6, 6.07) is 0. The lowest BCUT2D eigenvalue weighted by atomic mass is 10.1. The average molecular weight is 777 g/mol. The van der Waals surface area contributed by atoms with Crippen molar-refractivity contribution in [1.82, 2.24) is 0 Å². The summed E-state index contributed by atoms with van der Waals surface area (Å²) in [5.74, 6) is -1.01. The van der Waals surface area contributed by atoms with Gasteiger partial charge in [-0.1, -0.05) is 169 Å². The molecule has 0 rings (SSSR count). The van der Waals surface area contributed by atoms with Gasteiger partial charge in [0.1, 0.15) is 13.2 Å². The Bertz CT molecular complexity index is 1170. The molecule has 0 aromatic heterocycles. The maximum atomic E-state index is 12.7. The molecule has 1 unspecified atom stereocenters. The van der Waals surface area contributed by atoms with Crippen LogP contribution >= 0.6 is 0 Å². The molecule has 6 heteroatoms. The Kier molecular flexibility index (Phi) is 41.2. The van der Waals surface area contributed by atoms with Crippen LogP contribution in [0.1, 0.15) is 181 Å². The summed E-state index contributed by atoms with van der Waals surface area (Å²) in [6.45, 7) is 6.31. The van der Waals surface area contributed by atoms with Gasteiger partial charge >= 0.3 is 17.9 Å². The Morgan fingerprint density at radius 2 is 0.786 bits per heavy atom. The van der Waals surface area contributed by atoms with Gasteiger partial charge in [-0.2, -0.15) is 0 Å². The molecule has 316 valence electrons. The third-order valence-electron chi connectivity index (χ3n) is 8.91. The second-order valence-electron chi connectivity index (χ2n) is 14.3. The van der Waals surface area contributed by atoms with E-state index >= 15 is 0 Å². The predicted molar refractivity (Wildman–Crippen MR) is 237 cm³/mol. The second-order valence-corrected chi connectivity index (χ2v) is 14.3. The van der Waals surface area contributed by atoms with Crippen LogP contribution in [0.25, 0.3) is 0 Å². The number of hydrogen-bond donors (Lipinski definition) is 0. The van der Waals surface area contributed by atoms with Gasteiger partial charge in [0, 0.05) is 19.3 Å². The van der Waals surface area contributed by atoms with Crippen molar-refractivity contribution >= 4 is 17.9 Å². The molecule has 56 heavy (non-hydrogen) atoms. The second kappa shape index (κ2) is 44.0. The van der Waals surface area contributed by atoms with E-state index in [2.05, 4.69) is 118 Å². The smallest absolute Gasteiger partial charge is 0.306 e. The van der Waals surface area contributed by atoms with Crippen molar-refractivity contribution in [3.63, 3.8) is 0 Å².